The average molecular weight is 425 g/mol. The van der Waals surface area contributed by atoms with Gasteiger partial charge in [-0.3, -0.25) is 4.18 Å². The van der Waals surface area contributed by atoms with Gasteiger partial charge >= 0.3 is 0 Å². The van der Waals surface area contributed by atoms with Gasteiger partial charge in [0.1, 0.15) is 0 Å². The zero-order valence-electron chi connectivity index (χ0n) is 18.0. The first-order valence-corrected chi connectivity index (χ1v) is 18.6. The lowest BCUT2D eigenvalue weighted by Crippen LogP contribution is -2.37. The molecule has 0 N–H and O–H groups in total. The van der Waals surface area contributed by atoms with Gasteiger partial charge < -0.3 is 0 Å². The molecule has 0 aliphatic heterocycles. The van der Waals surface area contributed by atoms with Crippen molar-refractivity contribution in [3.8, 4) is 0 Å². The van der Waals surface area contributed by atoms with Crippen LogP contribution in [-0.2, 0) is 14.3 Å². The fourth-order valence-electron chi connectivity index (χ4n) is 3.87. The number of allylic oxidation sites excluding steroid dienone is 1. The maximum Gasteiger partial charge on any atom is 0.297 e. The van der Waals surface area contributed by atoms with E-state index in [0.717, 1.165) is 24.8 Å². The third-order valence-corrected chi connectivity index (χ3v) is 10.5. The van der Waals surface area contributed by atoms with E-state index >= 15 is 0 Å². The second-order valence-corrected chi connectivity index (χ2v) is 22.1. The highest BCUT2D eigenvalue weighted by Crippen LogP contribution is 2.44. The summed E-state index contributed by atoms with van der Waals surface area (Å²) in [5.74, 6) is 0.296. The van der Waals surface area contributed by atoms with Gasteiger partial charge in [-0.1, -0.05) is 75.2 Å². The molecule has 3 nitrogen and oxygen atoms in total. The first-order chi connectivity index (χ1) is 12.3. The van der Waals surface area contributed by atoms with Crippen LogP contribution in [0.25, 0.3) is 0 Å². The summed E-state index contributed by atoms with van der Waals surface area (Å²) in [6.07, 6.45) is 5.14. The van der Waals surface area contributed by atoms with E-state index in [2.05, 4.69) is 51.1 Å². The zero-order valence-corrected chi connectivity index (χ0v) is 20.8. The minimum Gasteiger partial charge on any atom is -0.263 e. The smallest absolute Gasteiger partial charge is 0.263 e. The number of hydrogen-bond donors (Lipinski definition) is 0. The van der Waals surface area contributed by atoms with E-state index in [4.69, 9.17) is 4.18 Å². The van der Waals surface area contributed by atoms with Gasteiger partial charge in [0.2, 0.25) is 0 Å². The van der Waals surface area contributed by atoms with E-state index in [0.29, 0.717) is 11.5 Å². The van der Waals surface area contributed by atoms with Crippen LogP contribution in [0.4, 0.5) is 0 Å². The van der Waals surface area contributed by atoms with E-state index in [9.17, 15) is 8.42 Å². The van der Waals surface area contributed by atoms with Gasteiger partial charge in [-0.25, -0.2) is 0 Å². The Morgan fingerprint density at radius 1 is 1.04 bits per heavy atom. The van der Waals surface area contributed by atoms with Crippen LogP contribution in [0.3, 0.4) is 0 Å². The van der Waals surface area contributed by atoms with Crippen LogP contribution in [0, 0.1) is 12.8 Å². The predicted molar refractivity (Wildman–Crippen MR) is 120 cm³/mol. The van der Waals surface area contributed by atoms with Crippen molar-refractivity contribution in [2.24, 2.45) is 5.92 Å². The molecule has 0 bridgehead atoms. The molecule has 0 amide bonds. The molecular formula is C21H36O3SSi2. The maximum absolute atomic E-state index is 12.8. The lowest BCUT2D eigenvalue weighted by atomic mass is 10.0. The summed E-state index contributed by atoms with van der Waals surface area (Å²) in [4.78, 5) is 0.265. The van der Waals surface area contributed by atoms with Gasteiger partial charge in [-0.15, -0.1) is 0 Å². The summed E-state index contributed by atoms with van der Waals surface area (Å²) in [5, 5.41) is 0. The number of rotatable bonds is 7. The normalized spacial score (nSPS) is 23.1. The molecule has 152 valence electrons. The minimum atomic E-state index is -3.72. The quantitative estimate of drug-likeness (QED) is 0.397. The molecule has 1 unspecified atom stereocenters. The third kappa shape index (κ3) is 6.41. The maximum atomic E-state index is 12.8. The van der Waals surface area contributed by atoms with E-state index < -0.39 is 26.3 Å². The van der Waals surface area contributed by atoms with Crippen molar-refractivity contribution >= 4 is 26.3 Å². The van der Waals surface area contributed by atoms with Crippen molar-refractivity contribution in [3.05, 3.63) is 41.6 Å². The average Bonchev–Trinajstić information content (AvgIpc) is 2.92. The third-order valence-electron chi connectivity index (χ3n) is 5.33. The van der Waals surface area contributed by atoms with E-state index in [1.54, 1.807) is 12.1 Å². The Bertz CT molecular complexity index is 756. The molecular weight excluding hydrogens is 388 g/mol. The van der Waals surface area contributed by atoms with Gasteiger partial charge in [-0.05, 0) is 43.4 Å². The highest BCUT2D eigenvalue weighted by Gasteiger charge is 2.41. The van der Waals surface area contributed by atoms with Crippen LogP contribution in [0.15, 0.2) is 40.9 Å². The molecule has 1 saturated carbocycles. The van der Waals surface area contributed by atoms with Crippen molar-refractivity contribution in [1.82, 2.24) is 0 Å². The summed E-state index contributed by atoms with van der Waals surface area (Å²) < 4.78 is 31.4. The van der Waals surface area contributed by atoms with E-state index in [1.807, 2.05) is 19.1 Å². The Hall–Kier alpha value is -0.696. The van der Waals surface area contributed by atoms with Crippen LogP contribution in [0.5, 0.6) is 0 Å². The first-order valence-electron chi connectivity index (χ1n) is 9.99. The van der Waals surface area contributed by atoms with Crippen LogP contribution < -0.4 is 0 Å². The highest BCUT2D eigenvalue weighted by molar-refractivity contribution is 7.86. The predicted octanol–water partition coefficient (Wildman–Crippen LogP) is 6.01. The second-order valence-electron chi connectivity index (χ2n) is 10.1. The zero-order chi connectivity index (χ0) is 20.5. The number of aryl methyl sites for hydroxylation is 1. The fraction of sp³-hybridized carbons (Fsp3) is 0.619. The molecule has 27 heavy (non-hydrogen) atoms. The molecule has 0 spiro atoms. The summed E-state index contributed by atoms with van der Waals surface area (Å²) in [5.41, 5.74) is 3.92. The molecule has 0 saturated heterocycles. The Kier molecular flexibility index (Phi) is 6.99. The molecule has 1 aliphatic carbocycles. The van der Waals surface area contributed by atoms with Crippen molar-refractivity contribution in [2.75, 3.05) is 0 Å². The highest BCUT2D eigenvalue weighted by atomic mass is 32.2. The van der Waals surface area contributed by atoms with Crippen LogP contribution in [0.1, 0.15) is 24.8 Å². The molecule has 6 heteroatoms. The Morgan fingerprint density at radius 3 is 2.15 bits per heavy atom. The molecule has 1 aromatic rings. The Morgan fingerprint density at radius 2 is 1.63 bits per heavy atom. The SMILES string of the molecule is Cc1ccc(S(=O)(=O)O[C@@H]2CCC[C@H]2C(/C=C/[Si](C)(C)C)[Si](C)(C)C)cc1. The second kappa shape index (κ2) is 8.35. The van der Waals surface area contributed by atoms with Gasteiger partial charge in [0.05, 0.1) is 27.1 Å². The number of hydrogen-bond acceptors (Lipinski definition) is 3. The van der Waals surface area contributed by atoms with E-state index in [1.165, 1.54) is 0 Å². The molecule has 0 heterocycles. The molecule has 0 aromatic heterocycles. The van der Waals surface area contributed by atoms with Crippen LogP contribution in [-0.4, -0.2) is 30.7 Å². The van der Waals surface area contributed by atoms with Gasteiger partial charge in [-0.2, -0.15) is 8.42 Å². The summed E-state index contributed by atoms with van der Waals surface area (Å²) in [7, 11) is -6.50. The standard InChI is InChI=1S/C21H36O3SSi2/c1-17-11-13-18(14-12-17)25(22,23)24-20-10-8-9-19(20)21(27(5,6)7)15-16-26(2,3)4/h11-16,19-21H,8-10H2,1-7H3/b16-15+/t19-,20-,21?/m1/s1. The molecule has 1 aromatic carbocycles. The lowest BCUT2D eigenvalue weighted by molar-refractivity contribution is 0.166. The van der Waals surface area contributed by atoms with Gasteiger partial charge in [0.15, 0.2) is 0 Å². The number of benzene rings is 1. The topological polar surface area (TPSA) is 43.4 Å². The molecule has 0 radical (unpaired) electrons. The monoisotopic (exact) mass is 424 g/mol. The summed E-state index contributed by atoms with van der Waals surface area (Å²) >= 11 is 0. The van der Waals surface area contributed by atoms with E-state index in [-0.39, 0.29) is 11.0 Å². The molecule has 1 fully saturated rings. The molecule has 2 rings (SSSR count). The van der Waals surface area contributed by atoms with Gasteiger partial charge in [0.25, 0.3) is 10.1 Å². The largest absolute Gasteiger partial charge is 0.297 e. The minimum absolute atomic E-state index is 0.209. The Balaban J connectivity index is 2.26. The van der Waals surface area contributed by atoms with Gasteiger partial charge in [0, 0.05) is 0 Å². The van der Waals surface area contributed by atoms with Crippen LogP contribution in [0.2, 0.25) is 44.8 Å². The fourth-order valence-corrected chi connectivity index (χ4v) is 8.34. The van der Waals surface area contributed by atoms with Crippen molar-refractivity contribution in [1.29, 1.82) is 0 Å². The lowest BCUT2D eigenvalue weighted by Gasteiger charge is -2.35. The molecule has 1 aliphatic rings. The summed E-state index contributed by atoms with van der Waals surface area (Å²) in [6, 6.07) is 6.94. The first kappa shape index (κ1) is 22.6. The van der Waals surface area contributed by atoms with Crippen molar-refractivity contribution in [2.45, 2.75) is 82.0 Å². The molecule has 3 atom stereocenters. The summed E-state index contributed by atoms with van der Waals surface area (Å²) in [6.45, 7) is 16.1. The van der Waals surface area contributed by atoms with Crippen molar-refractivity contribution in [3.63, 3.8) is 0 Å². The van der Waals surface area contributed by atoms with Crippen molar-refractivity contribution < 1.29 is 12.6 Å². The van der Waals surface area contributed by atoms with Crippen LogP contribution >= 0.6 is 0 Å². The Labute approximate surface area is 168 Å².